The molecule has 2 aromatic carbocycles. The Bertz CT molecular complexity index is 1260. The fourth-order valence-electron chi connectivity index (χ4n) is 4.11. The van der Waals surface area contributed by atoms with Gasteiger partial charge in [0, 0.05) is 65.5 Å². The first kappa shape index (κ1) is 20.0. The van der Waals surface area contributed by atoms with Crippen molar-refractivity contribution in [3.63, 3.8) is 0 Å². The summed E-state index contributed by atoms with van der Waals surface area (Å²) in [6, 6.07) is 13.1. The Hall–Kier alpha value is -2.96. The van der Waals surface area contributed by atoms with Crippen LogP contribution >= 0.6 is 11.6 Å². The van der Waals surface area contributed by atoms with Crippen molar-refractivity contribution in [1.29, 1.82) is 0 Å². The van der Waals surface area contributed by atoms with Crippen molar-refractivity contribution in [2.75, 3.05) is 38.1 Å². The number of piperazine rings is 1. The van der Waals surface area contributed by atoms with Crippen LogP contribution in [-0.2, 0) is 0 Å². The molecule has 3 heterocycles. The molecule has 4 aromatic rings. The maximum absolute atomic E-state index is 15.1. The minimum absolute atomic E-state index is 0.260. The zero-order valence-electron chi connectivity index (χ0n) is 17.5. The van der Waals surface area contributed by atoms with Gasteiger partial charge in [0.05, 0.1) is 6.20 Å². The second-order valence-electron chi connectivity index (χ2n) is 8.03. The highest BCUT2D eigenvalue weighted by atomic mass is 35.5. The first-order valence-corrected chi connectivity index (χ1v) is 10.7. The van der Waals surface area contributed by atoms with E-state index in [2.05, 4.69) is 21.9 Å². The van der Waals surface area contributed by atoms with Gasteiger partial charge in [-0.25, -0.2) is 13.9 Å². The van der Waals surface area contributed by atoms with Gasteiger partial charge in [-0.05, 0) is 49.9 Å². The van der Waals surface area contributed by atoms with Crippen molar-refractivity contribution in [3.05, 3.63) is 71.4 Å². The van der Waals surface area contributed by atoms with Crippen LogP contribution < -0.4 is 4.90 Å². The van der Waals surface area contributed by atoms with E-state index in [1.807, 2.05) is 49.5 Å². The number of fused-ring (bicyclic) bond motifs is 1. The fraction of sp³-hybridized carbons (Fsp3) is 0.250. The molecule has 7 heteroatoms. The Kier molecular flexibility index (Phi) is 5.12. The quantitative estimate of drug-likeness (QED) is 0.458. The van der Waals surface area contributed by atoms with Crippen molar-refractivity contribution in [2.45, 2.75) is 6.92 Å². The number of likely N-dealkylation sites (N-methyl/N-ethyl adjacent to an activating group) is 1. The summed E-state index contributed by atoms with van der Waals surface area (Å²) in [6.45, 7) is 5.71. The Labute approximate surface area is 185 Å². The molecular weight excluding hydrogens is 413 g/mol. The molecule has 0 N–H and O–H groups in total. The van der Waals surface area contributed by atoms with Gasteiger partial charge < -0.3 is 9.80 Å². The molecule has 5 nitrogen and oxygen atoms in total. The van der Waals surface area contributed by atoms with Crippen LogP contribution in [0.15, 0.2) is 54.9 Å². The van der Waals surface area contributed by atoms with Crippen molar-refractivity contribution in [2.24, 2.45) is 0 Å². The van der Waals surface area contributed by atoms with E-state index in [4.69, 9.17) is 16.6 Å². The number of aryl methyl sites for hydroxylation is 1. The third-order valence-electron chi connectivity index (χ3n) is 5.93. The third-order valence-corrected chi connectivity index (χ3v) is 6.17. The summed E-state index contributed by atoms with van der Waals surface area (Å²) in [6.07, 6.45) is 3.60. The van der Waals surface area contributed by atoms with E-state index < -0.39 is 0 Å². The number of hydrogen-bond acceptors (Lipinski definition) is 4. The van der Waals surface area contributed by atoms with Crippen LogP contribution in [0.2, 0.25) is 5.02 Å². The van der Waals surface area contributed by atoms with Crippen molar-refractivity contribution in [3.8, 4) is 22.3 Å². The zero-order valence-corrected chi connectivity index (χ0v) is 18.3. The molecule has 1 fully saturated rings. The molecule has 1 aliphatic heterocycles. The molecule has 0 spiro atoms. The second kappa shape index (κ2) is 7.94. The summed E-state index contributed by atoms with van der Waals surface area (Å²) in [5.41, 5.74) is 5.49. The predicted molar refractivity (Wildman–Crippen MR) is 123 cm³/mol. The molecule has 158 valence electrons. The summed E-state index contributed by atoms with van der Waals surface area (Å²) < 4.78 is 16.8. The molecule has 0 radical (unpaired) electrons. The third kappa shape index (κ3) is 3.77. The number of anilines is 1. The summed E-state index contributed by atoms with van der Waals surface area (Å²) >= 11 is 6.15. The Morgan fingerprint density at radius 1 is 0.968 bits per heavy atom. The van der Waals surface area contributed by atoms with Crippen molar-refractivity contribution < 1.29 is 4.39 Å². The summed E-state index contributed by atoms with van der Waals surface area (Å²) in [5.74, 6) is -0.260. The van der Waals surface area contributed by atoms with Gasteiger partial charge in [-0.1, -0.05) is 23.7 Å². The topological polar surface area (TPSA) is 36.7 Å². The monoisotopic (exact) mass is 435 g/mol. The number of halogens is 2. The second-order valence-corrected chi connectivity index (χ2v) is 8.47. The van der Waals surface area contributed by atoms with Crippen LogP contribution in [0.25, 0.3) is 27.9 Å². The standard InChI is InChI=1S/C24H23ClFN5/c1-16-22(17-4-3-5-18(25)12-17)15-31-24(28-16)21(14-27-31)20-7-6-19(13-23(20)26)30-10-8-29(2)9-11-30/h3-7,12-15H,8-11H2,1-2H3. The maximum Gasteiger partial charge on any atom is 0.163 e. The highest BCUT2D eigenvalue weighted by Gasteiger charge is 2.18. The Balaban J connectivity index is 1.51. The molecule has 0 bridgehead atoms. The molecule has 0 atom stereocenters. The normalized spacial score (nSPS) is 15.0. The molecule has 5 rings (SSSR count). The predicted octanol–water partition coefficient (Wildman–Crippen LogP) is 4.92. The number of aromatic nitrogens is 3. The molecule has 1 aliphatic rings. The van der Waals surface area contributed by atoms with Gasteiger partial charge in [0.1, 0.15) is 5.82 Å². The van der Waals surface area contributed by atoms with Gasteiger partial charge in [0.2, 0.25) is 0 Å². The summed E-state index contributed by atoms with van der Waals surface area (Å²) in [7, 11) is 2.11. The summed E-state index contributed by atoms with van der Waals surface area (Å²) in [5, 5.41) is 5.11. The van der Waals surface area contributed by atoms with Crippen LogP contribution in [0.5, 0.6) is 0 Å². The Morgan fingerprint density at radius 3 is 2.52 bits per heavy atom. The lowest BCUT2D eigenvalue weighted by atomic mass is 10.1. The number of nitrogens with zero attached hydrogens (tertiary/aromatic N) is 5. The lowest BCUT2D eigenvalue weighted by Crippen LogP contribution is -2.44. The highest BCUT2D eigenvalue weighted by molar-refractivity contribution is 6.30. The molecule has 2 aromatic heterocycles. The minimum atomic E-state index is -0.260. The molecule has 0 aliphatic carbocycles. The average molecular weight is 436 g/mol. The van der Waals surface area contributed by atoms with E-state index >= 15 is 4.39 Å². The molecule has 0 saturated carbocycles. The van der Waals surface area contributed by atoms with Gasteiger partial charge in [0.15, 0.2) is 5.65 Å². The smallest absolute Gasteiger partial charge is 0.163 e. The molecule has 31 heavy (non-hydrogen) atoms. The highest BCUT2D eigenvalue weighted by Crippen LogP contribution is 2.32. The Morgan fingerprint density at radius 2 is 1.77 bits per heavy atom. The van der Waals surface area contributed by atoms with Gasteiger partial charge in [-0.3, -0.25) is 0 Å². The van der Waals surface area contributed by atoms with Gasteiger partial charge in [-0.2, -0.15) is 5.10 Å². The van der Waals surface area contributed by atoms with Crippen LogP contribution in [0.3, 0.4) is 0 Å². The number of rotatable bonds is 3. The lowest BCUT2D eigenvalue weighted by molar-refractivity contribution is 0.313. The van der Waals surface area contributed by atoms with Gasteiger partial charge in [-0.15, -0.1) is 0 Å². The van der Waals surface area contributed by atoms with Gasteiger partial charge >= 0.3 is 0 Å². The molecule has 1 saturated heterocycles. The minimum Gasteiger partial charge on any atom is -0.369 e. The SMILES string of the molecule is Cc1nc2c(-c3ccc(N4CCN(C)CC4)cc3F)cnn2cc1-c1cccc(Cl)c1. The number of hydrogen-bond donors (Lipinski definition) is 0. The molecule has 0 unspecified atom stereocenters. The van der Waals surface area contributed by atoms with E-state index in [0.29, 0.717) is 21.8 Å². The average Bonchev–Trinajstić information content (AvgIpc) is 3.16. The van der Waals surface area contributed by atoms with E-state index in [1.54, 1.807) is 16.8 Å². The van der Waals surface area contributed by atoms with E-state index in [-0.39, 0.29) is 5.82 Å². The van der Waals surface area contributed by atoms with E-state index in [0.717, 1.165) is 48.7 Å². The first-order chi connectivity index (χ1) is 15.0. The van der Waals surface area contributed by atoms with Crippen LogP contribution in [-0.4, -0.2) is 52.7 Å². The van der Waals surface area contributed by atoms with Gasteiger partial charge in [0.25, 0.3) is 0 Å². The van der Waals surface area contributed by atoms with Crippen LogP contribution in [0, 0.1) is 12.7 Å². The van der Waals surface area contributed by atoms with Crippen LogP contribution in [0.1, 0.15) is 5.69 Å². The maximum atomic E-state index is 15.1. The first-order valence-electron chi connectivity index (χ1n) is 10.3. The van der Waals surface area contributed by atoms with E-state index in [9.17, 15) is 0 Å². The summed E-state index contributed by atoms with van der Waals surface area (Å²) in [4.78, 5) is 9.26. The number of benzene rings is 2. The lowest BCUT2D eigenvalue weighted by Gasteiger charge is -2.34. The largest absolute Gasteiger partial charge is 0.369 e. The molecule has 0 amide bonds. The van der Waals surface area contributed by atoms with Crippen LogP contribution in [0.4, 0.5) is 10.1 Å². The molecular formula is C24H23ClFN5. The zero-order chi connectivity index (χ0) is 21.5. The van der Waals surface area contributed by atoms with Crippen molar-refractivity contribution >= 4 is 22.9 Å². The fourth-order valence-corrected chi connectivity index (χ4v) is 4.30. The van der Waals surface area contributed by atoms with Crippen molar-refractivity contribution in [1.82, 2.24) is 19.5 Å². The van der Waals surface area contributed by atoms with E-state index in [1.165, 1.54) is 0 Å².